The summed E-state index contributed by atoms with van der Waals surface area (Å²) < 4.78 is 5.86. The van der Waals surface area contributed by atoms with Gasteiger partial charge in [-0.3, -0.25) is 4.79 Å². The van der Waals surface area contributed by atoms with Gasteiger partial charge in [0, 0.05) is 4.88 Å². The summed E-state index contributed by atoms with van der Waals surface area (Å²) in [6.45, 7) is 2.35. The number of carbonyl (C=O) groups excluding carboxylic acids is 1. The van der Waals surface area contributed by atoms with E-state index in [9.17, 15) is 9.90 Å². The first-order valence-electron chi connectivity index (χ1n) is 8.97. The Kier molecular flexibility index (Phi) is 4.80. The Labute approximate surface area is 161 Å². The van der Waals surface area contributed by atoms with E-state index in [0.29, 0.717) is 23.9 Å². The molecule has 0 radical (unpaired) electrons. The van der Waals surface area contributed by atoms with Crippen LogP contribution < -0.4 is 10.1 Å². The molecule has 3 aromatic rings. The maximum Gasteiger partial charge on any atom is 0.289 e. The second-order valence-corrected chi connectivity index (χ2v) is 8.01. The molecule has 27 heavy (non-hydrogen) atoms. The molecule has 0 saturated heterocycles. The molecule has 0 unspecified atom stereocenters. The lowest BCUT2D eigenvalue weighted by Crippen LogP contribution is -2.38. The van der Waals surface area contributed by atoms with Crippen molar-refractivity contribution < 1.29 is 14.6 Å². The number of rotatable bonds is 7. The van der Waals surface area contributed by atoms with Gasteiger partial charge >= 0.3 is 0 Å². The maximum absolute atomic E-state index is 12.6. The number of benzene rings is 1. The number of nitrogens with one attached hydrogen (secondary N) is 1. The van der Waals surface area contributed by atoms with Crippen molar-refractivity contribution in [3.05, 3.63) is 52.5 Å². The Morgan fingerprint density at radius 2 is 2.11 bits per heavy atom. The standard InChI is InChI=1S/C20H21N3O3S/c1-20(25,16-7-4-10-27-16)12-21-18(24)17-22-15-6-3-2-5-14(15)19(23-17)26-11-13-8-9-13/h2-7,10,13,25H,8-9,11-12H2,1H3,(H,21,24)/t20-/m1/s1. The highest BCUT2D eigenvalue weighted by atomic mass is 32.1. The highest BCUT2D eigenvalue weighted by molar-refractivity contribution is 7.10. The van der Waals surface area contributed by atoms with E-state index in [1.807, 2.05) is 41.8 Å². The normalized spacial score (nSPS) is 16.1. The summed E-state index contributed by atoms with van der Waals surface area (Å²) in [6, 6.07) is 11.2. The van der Waals surface area contributed by atoms with Gasteiger partial charge in [0.1, 0.15) is 5.60 Å². The van der Waals surface area contributed by atoms with Gasteiger partial charge < -0.3 is 15.2 Å². The second-order valence-electron chi connectivity index (χ2n) is 7.06. The van der Waals surface area contributed by atoms with Crippen LogP contribution in [0.15, 0.2) is 41.8 Å². The van der Waals surface area contributed by atoms with Crippen molar-refractivity contribution in [1.82, 2.24) is 15.3 Å². The smallest absolute Gasteiger partial charge is 0.289 e. The van der Waals surface area contributed by atoms with Gasteiger partial charge in [-0.2, -0.15) is 4.98 Å². The third-order valence-electron chi connectivity index (χ3n) is 4.57. The van der Waals surface area contributed by atoms with Crippen molar-refractivity contribution in [3.63, 3.8) is 0 Å². The molecular formula is C20H21N3O3S. The Morgan fingerprint density at radius 3 is 2.85 bits per heavy atom. The fourth-order valence-electron chi connectivity index (χ4n) is 2.74. The van der Waals surface area contributed by atoms with Gasteiger partial charge in [0.25, 0.3) is 5.91 Å². The number of amides is 1. The number of ether oxygens (including phenoxy) is 1. The Hall–Kier alpha value is -2.51. The van der Waals surface area contributed by atoms with Crippen LogP contribution in [0.25, 0.3) is 10.9 Å². The van der Waals surface area contributed by atoms with E-state index in [0.717, 1.165) is 10.3 Å². The van der Waals surface area contributed by atoms with E-state index in [1.165, 1.54) is 24.2 Å². The summed E-state index contributed by atoms with van der Waals surface area (Å²) in [5.41, 5.74) is -0.486. The summed E-state index contributed by atoms with van der Waals surface area (Å²) in [7, 11) is 0. The van der Waals surface area contributed by atoms with Gasteiger partial charge in [0.2, 0.25) is 11.7 Å². The Bertz CT molecular complexity index is 952. The summed E-state index contributed by atoms with van der Waals surface area (Å²) in [6.07, 6.45) is 2.35. The van der Waals surface area contributed by atoms with E-state index in [-0.39, 0.29) is 12.4 Å². The van der Waals surface area contributed by atoms with Gasteiger partial charge in [-0.25, -0.2) is 4.98 Å². The predicted octanol–water partition coefficient (Wildman–Crippen LogP) is 3.12. The number of para-hydroxylation sites is 1. The van der Waals surface area contributed by atoms with Crippen LogP contribution in [-0.2, 0) is 5.60 Å². The van der Waals surface area contributed by atoms with Gasteiger partial charge in [-0.15, -0.1) is 11.3 Å². The topological polar surface area (TPSA) is 84.3 Å². The molecule has 2 aromatic heterocycles. The summed E-state index contributed by atoms with van der Waals surface area (Å²) in [5, 5.41) is 16.0. The molecular weight excluding hydrogens is 362 g/mol. The lowest BCUT2D eigenvalue weighted by molar-refractivity contribution is 0.0553. The van der Waals surface area contributed by atoms with E-state index >= 15 is 0 Å². The molecule has 1 saturated carbocycles. The number of fused-ring (bicyclic) bond motifs is 1. The number of carbonyl (C=O) groups is 1. The fraction of sp³-hybridized carbons (Fsp3) is 0.350. The minimum absolute atomic E-state index is 0.0430. The Balaban J connectivity index is 1.54. The van der Waals surface area contributed by atoms with E-state index in [1.54, 1.807) is 6.92 Å². The number of hydrogen-bond acceptors (Lipinski definition) is 6. The predicted molar refractivity (Wildman–Crippen MR) is 104 cm³/mol. The molecule has 1 atom stereocenters. The van der Waals surface area contributed by atoms with Crippen molar-refractivity contribution >= 4 is 28.1 Å². The van der Waals surface area contributed by atoms with Crippen LogP contribution in [0.4, 0.5) is 0 Å². The van der Waals surface area contributed by atoms with Crippen LogP contribution in [0.1, 0.15) is 35.3 Å². The maximum atomic E-state index is 12.6. The second kappa shape index (κ2) is 7.25. The van der Waals surface area contributed by atoms with E-state index in [4.69, 9.17) is 4.74 Å². The van der Waals surface area contributed by atoms with Crippen molar-refractivity contribution in [2.24, 2.45) is 5.92 Å². The van der Waals surface area contributed by atoms with Crippen molar-refractivity contribution in [3.8, 4) is 5.88 Å². The number of aliphatic hydroxyl groups is 1. The molecule has 7 heteroatoms. The molecule has 1 aliphatic carbocycles. The molecule has 1 amide bonds. The third kappa shape index (κ3) is 4.09. The fourth-order valence-corrected chi connectivity index (χ4v) is 3.53. The molecule has 0 spiro atoms. The zero-order valence-electron chi connectivity index (χ0n) is 15.0. The van der Waals surface area contributed by atoms with Gasteiger partial charge in [-0.05, 0) is 49.3 Å². The minimum Gasteiger partial charge on any atom is -0.477 e. The molecule has 4 rings (SSSR count). The minimum atomic E-state index is -1.15. The first-order chi connectivity index (χ1) is 13.0. The molecule has 1 aromatic carbocycles. The monoisotopic (exact) mass is 383 g/mol. The van der Waals surface area contributed by atoms with Crippen molar-refractivity contribution in [2.75, 3.05) is 13.2 Å². The van der Waals surface area contributed by atoms with Crippen molar-refractivity contribution in [2.45, 2.75) is 25.4 Å². The molecule has 0 bridgehead atoms. The summed E-state index contributed by atoms with van der Waals surface area (Å²) >= 11 is 1.44. The first kappa shape index (κ1) is 17.9. The van der Waals surface area contributed by atoms with Crippen LogP contribution in [0.2, 0.25) is 0 Å². The first-order valence-corrected chi connectivity index (χ1v) is 9.85. The highest BCUT2D eigenvalue weighted by Gasteiger charge is 2.26. The average Bonchev–Trinajstić information content (AvgIpc) is 3.33. The van der Waals surface area contributed by atoms with Crippen LogP contribution in [-0.4, -0.2) is 34.1 Å². The van der Waals surface area contributed by atoms with Gasteiger partial charge in [-0.1, -0.05) is 18.2 Å². The lowest BCUT2D eigenvalue weighted by Gasteiger charge is -2.22. The van der Waals surface area contributed by atoms with Gasteiger partial charge in [0.15, 0.2) is 0 Å². The van der Waals surface area contributed by atoms with E-state index in [2.05, 4.69) is 15.3 Å². The number of aromatic nitrogens is 2. The molecule has 2 N–H and O–H groups in total. The van der Waals surface area contributed by atoms with Crippen LogP contribution in [0, 0.1) is 5.92 Å². The number of nitrogens with zero attached hydrogens (tertiary/aromatic N) is 2. The number of thiophene rings is 1. The lowest BCUT2D eigenvalue weighted by atomic mass is 10.1. The summed E-state index contributed by atoms with van der Waals surface area (Å²) in [4.78, 5) is 22.1. The zero-order valence-corrected chi connectivity index (χ0v) is 15.8. The Morgan fingerprint density at radius 1 is 1.30 bits per heavy atom. The van der Waals surface area contributed by atoms with Gasteiger partial charge in [0.05, 0.1) is 24.1 Å². The molecule has 2 heterocycles. The number of hydrogen-bond donors (Lipinski definition) is 2. The third-order valence-corrected chi connectivity index (χ3v) is 5.69. The molecule has 1 aliphatic rings. The summed E-state index contributed by atoms with van der Waals surface area (Å²) in [5.74, 6) is 0.620. The van der Waals surface area contributed by atoms with Crippen molar-refractivity contribution in [1.29, 1.82) is 0 Å². The average molecular weight is 383 g/mol. The van der Waals surface area contributed by atoms with Crippen LogP contribution in [0.5, 0.6) is 5.88 Å². The SMILES string of the molecule is C[C@@](O)(CNC(=O)c1nc(OCC2CC2)c2ccccc2n1)c1cccs1. The van der Waals surface area contributed by atoms with Crippen LogP contribution >= 0.6 is 11.3 Å². The quantitative estimate of drug-likeness (QED) is 0.655. The molecule has 0 aliphatic heterocycles. The highest BCUT2D eigenvalue weighted by Crippen LogP contribution is 2.31. The molecule has 6 nitrogen and oxygen atoms in total. The van der Waals surface area contributed by atoms with E-state index < -0.39 is 11.5 Å². The molecule has 1 fully saturated rings. The van der Waals surface area contributed by atoms with Crippen LogP contribution in [0.3, 0.4) is 0 Å². The molecule has 140 valence electrons. The zero-order chi connectivity index (χ0) is 18.9. The largest absolute Gasteiger partial charge is 0.477 e.